The molecule has 0 aromatic heterocycles. The lowest BCUT2D eigenvalue weighted by Gasteiger charge is -2.25. The van der Waals surface area contributed by atoms with E-state index in [-0.39, 0.29) is 11.4 Å². The zero-order valence-electron chi connectivity index (χ0n) is 22.4. The van der Waals surface area contributed by atoms with Crippen LogP contribution in [0.1, 0.15) is 122 Å². The molecule has 0 aliphatic carbocycles. The van der Waals surface area contributed by atoms with Gasteiger partial charge in [0.15, 0.2) is 0 Å². The van der Waals surface area contributed by atoms with Gasteiger partial charge in [-0.25, -0.2) is 0 Å². The minimum atomic E-state index is -1.05. The lowest BCUT2D eigenvalue weighted by molar-refractivity contribution is -0.165. The van der Waals surface area contributed by atoms with E-state index in [1.807, 2.05) is 12.1 Å². The SMILES string of the molecule is CCCCCCCCCCCCCC(=O)OC(O[Si](C)C)c1ccc(C(C)(C)C)c(OC)c1. The lowest BCUT2D eigenvalue weighted by atomic mass is 9.86. The molecule has 1 aromatic rings. The fraction of sp³-hybridized carbons (Fsp3) is 0.750. The van der Waals surface area contributed by atoms with Crippen molar-refractivity contribution < 1.29 is 18.7 Å². The van der Waals surface area contributed by atoms with Crippen molar-refractivity contribution in [3.63, 3.8) is 0 Å². The Morgan fingerprint density at radius 1 is 0.909 bits per heavy atom. The molecule has 0 spiro atoms. The van der Waals surface area contributed by atoms with Crippen molar-refractivity contribution in [3.8, 4) is 5.75 Å². The van der Waals surface area contributed by atoms with Gasteiger partial charge in [0.1, 0.15) is 5.75 Å². The third-order valence-corrected chi connectivity index (χ3v) is 6.56. The van der Waals surface area contributed by atoms with Crippen LogP contribution in [0.15, 0.2) is 18.2 Å². The predicted molar refractivity (Wildman–Crippen MR) is 140 cm³/mol. The van der Waals surface area contributed by atoms with Crippen LogP contribution in [-0.2, 0) is 19.4 Å². The Kier molecular flexibility index (Phi) is 14.7. The minimum absolute atomic E-state index is 0.0313. The van der Waals surface area contributed by atoms with Gasteiger partial charge in [0.2, 0.25) is 15.3 Å². The van der Waals surface area contributed by atoms with Crippen molar-refractivity contribution in [1.82, 2.24) is 0 Å². The summed E-state index contributed by atoms with van der Waals surface area (Å²) in [5.74, 6) is 0.619. The summed E-state index contributed by atoms with van der Waals surface area (Å²) in [6.45, 7) is 12.8. The molecular formula is C28H49O4Si. The normalized spacial score (nSPS) is 12.7. The predicted octanol–water partition coefficient (Wildman–Crippen LogP) is 8.50. The van der Waals surface area contributed by atoms with Crippen molar-refractivity contribution in [3.05, 3.63) is 29.3 Å². The van der Waals surface area contributed by atoms with Gasteiger partial charge in [-0.15, -0.1) is 0 Å². The van der Waals surface area contributed by atoms with Gasteiger partial charge >= 0.3 is 5.97 Å². The van der Waals surface area contributed by atoms with Gasteiger partial charge in [-0.1, -0.05) is 104 Å². The van der Waals surface area contributed by atoms with Crippen LogP contribution in [0, 0.1) is 0 Å². The van der Waals surface area contributed by atoms with Gasteiger partial charge in [-0.05, 0) is 36.6 Å². The Morgan fingerprint density at radius 3 is 1.94 bits per heavy atom. The first-order valence-corrected chi connectivity index (χ1v) is 15.4. The highest BCUT2D eigenvalue weighted by atomic mass is 28.3. The molecule has 1 atom stereocenters. The average molecular weight is 478 g/mol. The van der Waals surface area contributed by atoms with E-state index in [1.54, 1.807) is 7.11 Å². The molecule has 1 aromatic carbocycles. The maximum atomic E-state index is 12.5. The Morgan fingerprint density at radius 2 is 1.45 bits per heavy atom. The molecule has 0 heterocycles. The van der Waals surface area contributed by atoms with E-state index < -0.39 is 15.3 Å². The molecule has 189 valence electrons. The van der Waals surface area contributed by atoms with Crippen LogP contribution < -0.4 is 4.74 Å². The van der Waals surface area contributed by atoms with Crippen LogP contribution in [0.4, 0.5) is 0 Å². The number of hydrogen-bond acceptors (Lipinski definition) is 4. The van der Waals surface area contributed by atoms with Crippen molar-refractivity contribution >= 4 is 15.0 Å². The Bertz CT molecular complexity index is 666. The largest absolute Gasteiger partial charge is 0.496 e. The van der Waals surface area contributed by atoms with E-state index in [2.05, 4.69) is 46.9 Å². The molecule has 1 radical (unpaired) electrons. The van der Waals surface area contributed by atoms with Crippen LogP contribution in [0.5, 0.6) is 5.75 Å². The molecular weight excluding hydrogens is 428 g/mol. The molecule has 0 saturated carbocycles. The number of unbranched alkanes of at least 4 members (excludes halogenated alkanes) is 10. The molecule has 0 saturated heterocycles. The molecule has 0 aliphatic rings. The fourth-order valence-electron chi connectivity index (χ4n) is 3.96. The maximum Gasteiger partial charge on any atom is 0.308 e. The van der Waals surface area contributed by atoms with Crippen molar-refractivity contribution in [2.45, 2.75) is 130 Å². The number of esters is 1. The average Bonchev–Trinajstić information content (AvgIpc) is 2.75. The van der Waals surface area contributed by atoms with E-state index in [9.17, 15) is 4.79 Å². The molecule has 4 nitrogen and oxygen atoms in total. The summed E-state index contributed by atoms with van der Waals surface area (Å²) in [6.07, 6.45) is 13.7. The zero-order valence-corrected chi connectivity index (χ0v) is 23.4. The smallest absolute Gasteiger partial charge is 0.308 e. The summed E-state index contributed by atoms with van der Waals surface area (Å²) in [5, 5.41) is 0. The summed E-state index contributed by atoms with van der Waals surface area (Å²) in [6, 6.07) is 6.00. The third kappa shape index (κ3) is 12.6. The highest BCUT2D eigenvalue weighted by molar-refractivity contribution is 6.48. The van der Waals surface area contributed by atoms with Gasteiger partial charge in [-0.3, -0.25) is 4.79 Å². The van der Waals surface area contributed by atoms with Crippen molar-refractivity contribution in [1.29, 1.82) is 0 Å². The quantitative estimate of drug-likeness (QED) is 0.0976. The first kappa shape index (κ1) is 29.7. The molecule has 5 heteroatoms. The molecule has 1 unspecified atom stereocenters. The van der Waals surface area contributed by atoms with E-state index >= 15 is 0 Å². The number of carbonyl (C=O) groups excluding carboxylic acids is 1. The van der Waals surface area contributed by atoms with Crippen molar-refractivity contribution in [2.24, 2.45) is 0 Å². The van der Waals surface area contributed by atoms with E-state index in [0.29, 0.717) is 6.42 Å². The molecule has 1 rings (SSSR count). The van der Waals surface area contributed by atoms with Crippen LogP contribution in [0.25, 0.3) is 0 Å². The summed E-state index contributed by atoms with van der Waals surface area (Å²) < 4.78 is 17.4. The molecule has 0 N–H and O–H groups in total. The molecule has 0 fully saturated rings. The van der Waals surface area contributed by atoms with Gasteiger partial charge < -0.3 is 13.9 Å². The lowest BCUT2D eigenvalue weighted by Crippen LogP contribution is -2.20. The minimum Gasteiger partial charge on any atom is -0.496 e. The monoisotopic (exact) mass is 477 g/mol. The molecule has 0 amide bonds. The number of methoxy groups -OCH3 is 1. The highest BCUT2D eigenvalue weighted by Gasteiger charge is 2.24. The number of carbonyl (C=O) groups is 1. The van der Waals surface area contributed by atoms with Gasteiger partial charge in [-0.2, -0.15) is 0 Å². The van der Waals surface area contributed by atoms with Crippen LogP contribution in [0.2, 0.25) is 13.1 Å². The van der Waals surface area contributed by atoms with Crippen LogP contribution >= 0.6 is 0 Å². The highest BCUT2D eigenvalue weighted by Crippen LogP contribution is 2.34. The van der Waals surface area contributed by atoms with Crippen LogP contribution in [-0.4, -0.2) is 22.1 Å². The summed E-state index contributed by atoms with van der Waals surface area (Å²) in [7, 11) is 0.632. The maximum absolute atomic E-state index is 12.5. The summed E-state index contributed by atoms with van der Waals surface area (Å²) in [4.78, 5) is 12.5. The Hall–Kier alpha value is -1.33. The summed E-state index contributed by atoms with van der Waals surface area (Å²) >= 11 is 0. The Labute approximate surface area is 205 Å². The number of ether oxygens (including phenoxy) is 2. The second-order valence-electron chi connectivity index (χ2n) is 10.3. The number of rotatable bonds is 17. The number of benzene rings is 1. The second kappa shape index (κ2) is 16.3. The molecule has 33 heavy (non-hydrogen) atoms. The van der Waals surface area contributed by atoms with Crippen molar-refractivity contribution in [2.75, 3.05) is 7.11 Å². The van der Waals surface area contributed by atoms with Gasteiger partial charge in [0.25, 0.3) is 0 Å². The third-order valence-electron chi connectivity index (χ3n) is 5.87. The standard InChI is InChI=1S/C28H49O4Si/c1-8-9-10-11-12-13-14-15-16-17-18-19-26(29)31-27(32-33(6)7)23-20-21-24(28(2,3)4)25(22-23)30-5/h20-22,27H,8-19H2,1-7H3. The number of hydrogen-bond donors (Lipinski definition) is 0. The van der Waals surface area contributed by atoms with Gasteiger partial charge in [0.05, 0.1) is 7.11 Å². The summed E-state index contributed by atoms with van der Waals surface area (Å²) in [5.41, 5.74) is 1.92. The fourth-order valence-corrected chi connectivity index (χ4v) is 4.57. The van der Waals surface area contributed by atoms with E-state index in [4.69, 9.17) is 13.9 Å². The molecule has 0 bridgehead atoms. The van der Waals surface area contributed by atoms with Crippen LogP contribution in [0.3, 0.4) is 0 Å². The first-order valence-electron chi connectivity index (χ1n) is 13.0. The topological polar surface area (TPSA) is 44.8 Å². The van der Waals surface area contributed by atoms with E-state index in [1.165, 1.54) is 57.8 Å². The first-order chi connectivity index (χ1) is 15.7. The van der Waals surface area contributed by atoms with E-state index in [0.717, 1.165) is 29.7 Å². The van der Waals surface area contributed by atoms with Gasteiger partial charge in [0, 0.05) is 12.0 Å². The second-order valence-corrected chi connectivity index (χ2v) is 12.4. The molecule has 0 aliphatic heterocycles. The Balaban J connectivity index is 2.46. The zero-order chi connectivity index (χ0) is 24.7.